The molecule has 9 heteroatoms. The molecule has 0 radical (unpaired) electrons. The Bertz CT molecular complexity index is 724. The van der Waals surface area contributed by atoms with Crippen LogP contribution >= 0.6 is 23.2 Å². The topological polar surface area (TPSA) is 72.0 Å². The summed E-state index contributed by atoms with van der Waals surface area (Å²) in [5.74, 6) is -1.15. The largest absolute Gasteiger partial charge is 0.266 e. The van der Waals surface area contributed by atoms with Gasteiger partial charge in [-0.3, -0.25) is 4.72 Å². The molecule has 1 aromatic carbocycles. The maximum Gasteiger partial charge on any atom is 0.266 e. The van der Waals surface area contributed by atoms with Crippen molar-refractivity contribution in [2.75, 3.05) is 4.72 Å². The highest BCUT2D eigenvalue weighted by Gasteiger charge is 2.21. The zero-order valence-electron chi connectivity index (χ0n) is 9.14. The minimum atomic E-state index is -4.15. The van der Waals surface area contributed by atoms with Crippen LogP contribution in [0.2, 0.25) is 10.2 Å². The molecule has 0 unspecified atom stereocenters. The monoisotopic (exact) mass is 321 g/mol. The lowest BCUT2D eigenvalue weighted by Crippen LogP contribution is -2.16. The smallest absolute Gasteiger partial charge is 0.261 e. The van der Waals surface area contributed by atoms with Gasteiger partial charge in [0.2, 0.25) is 0 Å². The molecule has 2 rings (SSSR count). The summed E-state index contributed by atoms with van der Waals surface area (Å²) in [5, 5.41) is -0.0468. The first-order chi connectivity index (χ1) is 8.90. The van der Waals surface area contributed by atoms with Crippen molar-refractivity contribution in [2.24, 2.45) is 0 Å². The van der Waals surface area contributed by atoms with Crippen molar-refractivity contribution in [2.45, 2.75) is 4.90 Å². The molecule has 19 heavy (non-hydrogen) atoms. The van der Waals surface area contributed by atoms with Gasteiger partial charge in [0.15, 0.2) is 11.0 Å². The number of halogens is 3. The molecule has 5 nitrogen and oxygen atoms in total. The number of anilines is 1. The van der Waals surface area contributed by atoms with E-state index in [1.54, 1.807) is 0 Å². The highest BCUT2D eigenvalue weighted by atomic mass is 35.5. The minimum absolute atomic E-state index is 0.0917. The Labute approximate surface area is 118 Å². The molecule has 0 amide bonds. The molecule has 0 atom stereocenters. The van der Waals surface area contributed by atoms with Crippen LogP contribution < -0.4 is 4.72 Å². The van der Waals surface area contributed by atoms with Gasteiger partial charge in [-0.2, -0.15) is 0 Å². The van der Waals surface area contributed by atoms with Crippen molar-refractivity contribution < 1.29 is 12.8 Å². The van der Waals surface area contributed by atoms with Gasteiger partial charge in [0.1, 0.15) is 10.7 Å². The molecule has 1 aromatic heterocycles. The van der Waals surface area contributed by atoms with Crippen molar-refractivity contribution >= 4 is 39.0 Å². The maximum absolute atomic E-state index is 13.6. The molecule has 0 saturated heterocycles. The fourth-order valence-corrected chi connectivity index (χ4v) is 2.71. The molecule has 0 spiro atoms. The summed E-state index contributed by atoms with van der Waals surface area (Å²) in [6.07, 6.45) is 2.55. The first kappa shape index (κ1) is 14.0. The Morgan fingerprint density at radius 1 is 1.16 bits per heavy atom. The molecule has 0 aliphatic carbocycles. The first-order valence-corrected chi connectivity index (χ1v) is 7.08. The highest BCUT2D eigenvalue weighted by molar-refractivity contribution is 7.92. The van der Waals surface area contributed by atoms with E-state index in [9.17, 15) is 12.8 Å². The van der Waals surface area contributed by atoms with E-state index < -0.39 is 20.7 Å². The third kappa shape index (κ3) is 3.12. The van der Waals surface area contributed by atoms with Crippen molar-refractivity contribution in [3.63, 3.8) is 0 Å². The van der Waals surface area contributed by atoms with Crippen LogP contribution in [0.1, 0.15) is 0 Å². The van der Waals surface area contributed by atoms with Crippen molar-refractivity contribution in [1.82, 2.24) is 9.97 Å². The summed E-state index contributed by atoms with van der Waals surface area (Å²) in [7, 11) is -4.15. The number of nitrogens with zero attached hydrogens (tertiary/aromatic N) is 2. The molecule has 1 heterocycles. The fourth-order valence-electron chi connectivity index (χ4n) is 1.26. The molecule has 0 aliphatic heterocycles. The van der Waals surface area contributed by atoms with Gasteiger partial charge in [-0.15, -0.1) is 0 Å². The summed E-state index contributed by atoms with van der Waals surface area (Å²) in [6, 6.07) is 3.20. The molecular formula is C10H6Cl2FN3O2S. The van der Waals surface area contributed by atoms with Crippen LogP contribution in [0.15, 0.2) is 35.5 Å². The van der Waals surface area contributed by atoms with E-state index in [2.05, 4.69) is 9.97 Å². The summed E-state index contributed by atoms with van der Waals surface area (Å²) in [6.45, 7) is 0. The van der Waals surface area contributed by atoms with E-state index in [1.807, 2.05) is 4.72 Å². The standard InChI is InChI=1S/C10H6Cl2FN3O2S/c11-6-1-2-8(7(13)5-6)19(17,18)16-10-9(12)14-3-4-15-10/h1-5H,(H,15,16). The molecule has 2 aromatic rings. The second-order valence-electron chi connectivity index (χ2n) is 3.38. The van der Waals surface area contributed by atoms with Crippen LogP contribution in [0.5, 0.6) is 0 Å². The van der Waals surface area contributed by atoms with Crippen molar-refractivity contribution in [3.8, 4) is 0 Å². The van der Waals surface area contributed by atoms with Gasteiger partial charge in [-0.25, -0.2) is 22.8 Å². The molecule has 0 fully saturated rings. The van der Waals surface area contributed by atoms with Crippen LogP contribution in [0.25, 0.3) is 0 Å². The number of benzene rings is 1. The number of hydrogen-bond donors (Lipinski definition) is 1. The van der Waals surface area contributed by atoms with E-state index in [0.29, 0.717) is 0 Å². The van der Waals surface area contributed by atoms with Gasteiger partial charge in [-0.1, -0.05) is 23.2 Å². The van der Waals surface area contributed by atoms with E-state index >= 15 is 0 Å². The van der Waals surface area contributed by atoms with Crippen LogP contribution in [-0.4, -0.2) is 18.4 Å². The molecule has 1 N–H and O–H groups in total. The Kier molecular flexibility index (Phi) is 3.88. The van der Waals surface area contributed by atoms with E-state index in [4.69, 9.17) is 23.2 Å². The quantitative estimate of drug-likeness (QED) is 0.943. The van der Waals surface area contributed by atoms with Crippen molar-refractivity contribution in [3.05, 3.63) is 46.6 Å². The predicted molar refractivity (Wildman–Crippen MR) is 69.3 cm³/mol. The van der Waals surface area contributed by atoms with E-state index in [0.717, 1.165) is 12.1 Å². The minimum Gasteiger partial charge on any atom is -0.261 e. The maximum atomic E-state index is 13.6. The summed E-state index contributed by atoms with van der Waals surface area (Å²) < 4.78 is 39.6. The Morgan fingerprint density at radius 3 is 2.47 bits per heavy atom. The van der Waals surface area contributed by atoms with Gasteiger partial charge < -0.3 is 0 Å². The Balaban J connectivity index is 2.41. The zero-order valence-corrected chi connectivity index (χ0v) is 11.5. The predicted octanol–water partition coefficient (Wildman–Crippen LogP) is 2.72. The molecule has 100 valence electrons. The third-order valence-electron chi connectivity index (χ3n) is 2.07. The molecule has 0 aliphatic rings. The normalized spacial score (nSPS) is 11.3. The number of hydrogen-bond acceptors (Lipinski definition) is 4. The SMILES string of the molecule is O=S(=O)(Nc1nccnc1Cl)c1ccc(Cl)cc1F. The van der Waals surface area contributed by atoms with Crippen LogP contribution in [0.4, 0.5) is 10.2 Å². The lowest BCUT2D eigenvalue weighted by atomic mass is 10.3. The van der Waals surface area contributed by atoms with Crippen LogP contribution in [-0.2, 0) is 10.0 Å². The first-order valence-electron chi connectivity index (χ1n) is 4.84. The Morgan fingerprint density at radius 2 is 1.84 bits per heavy atom. The average Bonchev–Trinajstić information content (AvgIpc) is 2.31. The van der Waals surface area contributed by atoms with Gasteiger partial charge in [-0.05, 0) is 18.2 Å². The van der Waals surface area contributed by atoms with Gasteiger partial charge >= 0.3 is 0 Å². The zero-order chi connectivity index (χ0) is 14.0. The fraction of sp³-hybridized carbons (Fsp3) is 0. The molecule has 0 bridgehead atoms. The summed E-state index contributed by atoms with van der Waals surface area (Å²) in [4.78, 5) is 6.80. The second kappa shape index (κ2) is 5.28. The summed E-state index contributed by atoms with van der Waals surface area (Å²) >= 11 is 11.2. The van der Waals surface area contributed by atoms with E-state index in [1.165, 1.54) is 18.5 Å². The number of rotatable bonds is 3. The summed E-state index contributed by atoms with van der Waals surface area (Å²) in [5.41, 5.74) is 0. The van der Waals surface area contributed by atoms with Gasteiger partial charge in [0.05, 0.1) is 0 Å². The molecular weight excluding hydrogens is 316 g/mol. The average molecular weight is 322 g/mol. The lowest BCUT2D eigenvalue weighted by molar-refractivity contribution is 0.570. The van der Waals surface area contributed by atoms with Crippen LogP contribution in [0, 0.1) is 5.82 Å². The highest BCUT2D eigenvalue weighted by Crippen LogP contribution is 2.23. The van der Waals surface area contributed by atoms with Crippen molar-refractivity contribution in [1.29, 1.82) is 0 Å². The Hall–Kier alpha value is -1.44. The third-order valence-corrected chi connectivity index (χ3v) is 3.95. The number of sulfonamides is 1. The second-order valence-corrected chi connectivity index (χ2v) is 5.82. The van der Waals surface area contributed by atoms with Gasteiger partial charge in [0.25, 0.3) is 10.0 Å². The number of aromatic nitrogens is 2. The van der Waals surface area contributed by atoms with Gasteiger partial charge in [0, 0.05) is 17.4 Å². The lowest BCUT2D eigenvalue weighted by Gasteiger charge is -2.08. The van der Waals surface area contributed by atoms with Crippen LogP contribution in [0.3, 0.4) is 0 Å². The molecule has 0 saturated carbocycles. The number of nitrogens with one attached hydrogen (secondary N) is 1. The van der Waals surface area contributed by atoms with E-state index in [-0.39, 0.29) is 16.0 Å².